The van der Waals surface area contributed by atoms with Crippen LogP contribution in [-0.4, -0.2) is 9.91 Å². The molecule has 0 saturated heterocycles. The summed E-state index contributed by atoms with van der Waals surface area (Å²) in [5.41, 5.74) is 2.84. The zero-order valence-corrected chi connectivity index (χ0v) is 8.00. The van der Waals surface area contributed by atoms with Gasteiger partial charge in [0, 0.05) is 28.7 Å². The Labute approximate surface area is 80.7 Å². The molecule has 0 aliphatic heterocycles. The molecule has 0 unspecified atom stereocenters. The van der Waals surface area contributed by atoms with Gasteiger partial charge in [-0.2, -0.15) is 0 Å². The van der Waals surface area contributed by atoms with Crippen LogP contribution in [-0.2, 0) is 0 Å². The third-order valence-electron chi connectivity index (χ3n) is 2.59. The maximum Gasteiger partial charge on any atom is 0.273 e. The van der Waals surface area contributed by atoms with Gasteiger partial charge in [0.2, 0.25) is 0 Å². The summed E-state index contributed by atoms with van der Waals surface area (Å²) in [6.45, 7) is 3.66. The number of aromatic amines is 1. The molecule has 0 aliphatic rings. The summed E-state index contributed by atoms with van der Waals surface area (Å²) in [6, 6.07) is 3.45. The summed E-state index contributed by atoms with van der Waals surface area (Å²) in [7, 11) is 0. The smallest absolute Gasteiger partial charge is 0.273 e. The van der Waals surface area contributed by atoms with E-state index in [-0.39, 0.29) is 10.6 Å². The predicted molar refractivity (Wildman–Crippen MR) is 54.4 cm³/mol. The minimum absolute atomic E-state index is 0.189. The Bertz CT molecular complexity index is 514. The second-order valence-electron chi connectivity index (χ2n) is 3.34. The number of nitro benzene ring substituents is 1. The van der Waals surface area contributed by atoms with Crippen molar-refractivity contribution in [2.75, 3.05) is 0 Å². The minimum atomic E-state index is -0.339. The second-order valence-corrected chi connectivity index (χ2v) is 3.34. The quantitative estimate of drug-likeness (QED) is 0.555. The molecule has 2 aromatic rings. The molecule has 0 radical (unpaired) electrons. The van der Waals surface area contributed by atoms with E-state index in [2.05, 4.69) is 4.98 Å². The summed E-state index contributed by atoms with van der Waals surface area (Å²) in [4.78, 5) is 13.5. The number of hydrogen-bond donors (Lipinski definition) is 1. The van der Waals surface area contributed by atoms with Gasteiger partial charge < -0.3 is 4.98 Å². The van der Waals surface area contributed by atoms with E-state index >= 15 is 0 Å². The van der Waals surface area contributed by atoms with Gasteiger partial charge in [-0.1, -0.05) is 0 Å². The van der Waals surface area contributed by atoms with Gasteiger partial charge in [-0.15, -0.1) is 0 Å². The third kappa shape index (κ3) is 1.08. The summed E-state index contributed by atoms with van der Waals surface area (Å²) in [5, 5.41) is 11.6. The van der Waals surface area contributed by atoms with E-state index in [4.69, 9.17) is 0 Å². The maximum atomic E-state index is 10.7. The SMILES string of the molecule is Cc1c([N+](=O)[O-])cc2cc[nH]c2c1C. The first-order chi connectivity index (χ1) is 6.61. The zero-order chi connectivity index (χ0) is 10.3. The highest BCUT2D eigenvalue weighted by Gasteiger charge is 2.15. The van der Waals surface area contributed by atoms with Gasteiger partial charge in [-0.25, -0.2) is 0 Å². The van der Waals surface area contributed by atoms with Crippen LogP contribution in [0.15, 0.2) is 18.3 Å². The summed E-state index contributed by atoms with van der Waals surface area (Å²) in [5.74, 6) is 0. The monoisotopic (exact) mass is 190 g/mol. The molecule has 0 spiro atoms. The van der Waals surface area contributed by atoms with Crippen LogP contribution in [0.1, 0.15) is 11.1 Å². The van der Waals surface area contributed by atoms with E-state index in [0.29, 0.717) is 0 Å². The molecule has 1 aromatic carbocycles. The van der Waals surface area contributed by atoms with Gasteiger partial charge in [-0.3, -0.25) is 10.1 Å². The molecule has 0 aliphatic carbocycles. The van der Waals surface area contributed by atoms with E-state index in [1.165, 1.54) is 0 Å². The normalized spacial score (nSPS) is 10.7. The minimum Gasteiger partial charge on any atom is -0.361 e. The van der Waals surface area contributed by atoms with Gasteiger partial charge in [-0.05, 0) is 25.5 Å². The fraction of sp³-hybridized carbons (Fsp3) is 0.200. The van der Waals surface area contributed by atoms with Crippen LogP contribution in [0.4, 0.5) is 5.69 Å². The van der Waals surface area contributed by atoms with Crippen LogP contribution in [0.25, 0.3) is 10.9 Å². The molecule has 1 N–H and O–H groups in total. The van der Waals surface area contributed by atoms with E-state index in [1.54, 1.807) is 19.2 Å². The summed E-state index contributed by atoms with van der Waals surface area (Å²) in [6.07, 6.45) is 1.79. The Kier molecular flexibility index (Phi) is 1.77. The lowest BCUT2D eigenvalue weighted by Crippen LogP contribution is -1.94. The van der Waals surface area contributed by atoms with Gasteiger partial charge in [0.1, 0.15) is 0 Å². The van der Waals surface area contributed by atoms with E-state index in [1.807, 2.05) is 13.0 Å². The Morgan fingerprint density at radius 3 is 2.71 bits per heavy atom. The number of nitrogens with one attached hydrogen (secondary N) is 1. The van der Waals surface area contributed by atoms with Crippen molar-refractivity contribution in [1.82, 2.24) is 4.98 Å². The molecular formula is C10H10N2O2. The van der Waals surface area contributed by atoms with Crippen molar-refractivity contribution in [2.45, 2.75) is 13.8 Å². The van der Waals surface area contributed by atoms with Crippen molar-refractivity contribution in [1.29, 1.82) is 0 Å². The molecule has 2 rings (SSSR count). The maximum absolute atomic E-state index is 10.7. The number of aryl methyl sites for hydroxylation is 1. The molecule has 0 saturated carbocycles. The third-order valence-corrected chi connectivity index (χ3v) is 2.59. The van der Waals surface area contributed by atoms with Crippen LogP contribution in [0.5, 0.6) is 0 Å². The average molecular weight is 190 g/mol. The molecule has 4 nitrogen and oxygen atoms in total. The van der Waals surface area contributed by atoms with Crippen molar-refractivity contribution in [3.05, 3.63) is 39.6 Å². The van der Waals surface area contributed by atoms with Crippen LogP contribution >= 0.6 is 0 Å². The van der Waals surface area contributed by atoms with Crippen molar-refractivity contribution in [2.24, 2.45) is 0 Å². The number of benzene rings is 1. The molecule has 14 heavy (non-hydrogen) atoms. The fourth-order valence-corrected chi connectivity index (χ4v) is 1.65. The number of aromatic nitrogens is 1. The number of rotatable bonds is 1. The molecule has 0 amide bonds. The molecule has 1 aromatic heterocycles. The lowest BCUT2D eigenvalue weighted by atomic mass is 10.0. The Morgan fingerprint density at radius 2 is 2.07 bits per heavy atom. The topological polar surface area (TPSA) is 58.9 Å². The van der Waals surface area contributed by atoms with Crippen molar-refractivity contribution in [3.63, 3.8) is 0 Å². The predicted octanol–water partition coefficient (Wildman–Crippen LogP) is 2.69. The Balaban J connectivity index is 2.87. The first-order valence-corrected chi connectivity index (χ1v) is 4.33. The average Bonchev–Trinajstić information content (AvgIpc) is 2.58. The highest BCUT2D eigenvalue weighted by Crippen LogP contribution is 2.28. The largest absolute Gasteiger partial charge is 0.361 e. The summed E-state index contributed by atoms with van der Waals surface area (Å²) >= 11 is 0. The number of nitro groups is 1. The highest BCUT2D eigenvalue weighted by molar-refractivity contribution is 5.86. The lowest BCUT2D eigenvalue weighted by molar-refractivity contribution is -0.385. The Morgan fingerprint density at radius 1 is 1.36 bits per heavy atom. The van der Waals surface area contributed by atoms with E-state index in [9.17, 15) is 10.1 Å². The van der Waals surface area contributed by atoms with Crippen LogP contribution < -0.4 is 0 Å². The van der Waals surface area contributed by atoms with E-state index in [0.717, 1.165) is 22.0 Å². The molecule has 4 heteroatoms. The zero-order valence-electron chi connectivity index (χ0n) is 8.00. The molecule has 0 bridgehead atoms. The summed E-state index contributed by atoms with van der Waals surface area (Å²) < 4.78 is 0. The highest BCUT2D eigenvalue weighted by atomic mass is 16.6. The first kappa shape index (κ1) is 8.74. The standard InChI is InChI=1S/C10H10N2O2/c1-6-7(2)10-8(3-4-11-10)5-9(6)12(13)14/h3-5,11H,1-2H3. The van der Waals surface area contributed by atoms with Crippen molar-refractivity contribution in [3.8, 4) is 0 Å². The van der Waals surface area contributed by atoms with E-state index < -0.39 is 0 Å². The van der Waals surface area contributed by atoms with Crippen LogP contribution in [0.2, 0.25) is 0 Å². The number of fused-ring (bicyclic) bond motifs is 1. The Hall–Kier alpha value is -1.84. The van der Waals surface area contributed by atoms with Gasteiger partial charge in [0.25, 0.3) is 5.69 Å². The van der Waals surface area contributed by atoms with Crippen LogP contribution in [0, 0.1) is 24.0 Å². The first-order valence-electron chi connectivity index (χ1n) is 4.33. The lowest BCUT2D eigenvalue weighted by Gasteiger charge is -2.02. The molecular weight excluding hydrogens is 180 g/mol. The number of nitrogens with zero attached hydrogens (tertiary/aromatic N) is 1. The fourth-order valence-electron chi connectivity index (χ4n) is 1.65. The van der Waals surface area contributed by atoms with Crippen LogP contribution in [0.3, 0.4) is 0 Å². The van der Waals surface area contributed by atoms with Gasteiger partial charge in [0.15, 0.2) is 0 Å². The number of hydrogen-bond acceptors (Lipinski definition) is 2. The van der Waals surface area contributed by atoms with Crippen molar-refractivity contribution >= 4 is 16.6 Å². The van der Waals surface area contributed by atoms with Gasteiger partial charge in [0.05, 0.1) is 4.92 Å². The van der Waals surface area contributed by atoms with Gasteiger partial charge >= 0.3 is 0 Å². The molecule has 72 valence electrons. The second kappa shape index (κ2) is 2.83. The molecule has 0 atom stereocenters. The number of H-pyrrole nitrogens is 1. The van der Waals surface area contributed by atoms with Crippen molar-refractivity contribution < 1.29 is 4.92 Å². The molecule has 1 heterocycles. The molecule has 0 fully saturated rings.